The number of nitrogens with two attached hydrogens (primary N) is 1. The van der Waals surface area contributed by atoms with E-state index in [1.54, 1.807) is 19.2 Å². The molecule has 0 saturated carbocycles. The lowest BCUT2D eigenvalue weighted by Crippen LogP contribution is -2.34. The molecule has 1 aromatic rings. The van der Waals surface area contributed by atoms with Gasteiger partial charge in [0.05, 0.1) is 6.61 Å². The normalized spacial score (nSPS) is 10.6. The summed E-state index contributed by atoms with van der Waals surface area (Å²) >= 11 is 4.83. The third kappa shape index (κ3) is 5.60. The second-order valence-electron chi connectivity index (χ2n) is 4.35. The topological polar surface area (TPSA) is 80.5 Å². The molecule has 0 radical (unpaired) electrons. The molecule has 0 bridgehead atoms. The summed E-state index contributed by atoms with van der Waals surface area (Å²) in [6.45, 7) is 2.80. The molecular formula is C13H20N4O2S. The van der Waals surface area contributed by atoms with E-state index in [4.69, 9.17) is 22.7 Å². The van der Waals surface area contributed by atoms with E-state index >= 15 is 0 Å². The van der Waals surface area contributed by atoms with Gasteiger partial charge in [-0.1, -0.05) is 12.2 Å². The third-order valence-corrected chi connectivity index (χ3v) is 2.97. The van der Waals surface area contributed by atoms with Crippen LogP contribution in [0.4, 0.5) is 0 Å². The van der Waals surface area contributed by atoms with Crippen LogP contribution in [0.5, 0.6) is 0 Å². The fraction of sp³-hybridized carbons (Fsp3) is 0.462. The van der Waals surface area contributed by atoms with E-state index in [-0.39, 0.29) is 10.9 Å². The Hall–Kier alpha value is -1.57. The number of carbonyl (C=O) groups is 1. The molecule has 0 aromatic carbocycles. The summed E-state index contributed by atoms with van der Waals surface area (Å²) in [5, 5.41) is 2.81. The Morgan fingerprint density at radius 3 is 2.80 bits per heavy atom. The number of amides is 1. The number of hydrogen-bond acceptors (Lipinski definition) is 5. The molecule has 0 aliphatic heterocycles. The molecule has 0 aliphatic carbocycles. The second-order valence-corrected chi connectivity index (χ2v) is 4.79. The number of ether oxygens (including phenoxy) is 1. The molecule has 1 aromatic heterocycles. The smallest absolute Gasteiger partial charge is 0.269 e. The van der Waals surface area contributed by atoms with Crippen LogP contribution in [0.25, 0.3) is 0 Å². The number of likely N-dealkylation sites (N-methyl/N-ethyl adjacent to an activating group) is 1. The average molecular weight is 296 g/mol. The minimum atomic E-state index is -0.209. The number of aromatic nitrogens is 1. The van der Waals surface area contributed by atoms with Crippen molar-refractivity contribution >= 4 is 23.1 Å². The van der Waals surface area contributed by atoms with Gasteiger partial charge in [0.15, 0.2) is 0 Å². The number of methoxy groups -OCH3 is 1. The molecule has 1 amide bonds. The third-order valence-electron chi connectivity index (χ3n) is 2.74. The molecule has 110 valence electrons. The molecule has 6 nitrogen and oxygen atoms in total. The van der Waals surface area contributed by atoms with Gasteiger partial charge in [0, 0.05) is 38.5 Å². The molecule has 0 spiro atoms. The maximum atomic E-state index is 11.8. The van der Waals surface area contributed by atoms with Crippen LogP contribution >= 0.6 is 12.2 Å². The first-order valence-corrected chi connectivity index (χ1v) is 6.67. The first kappa shape index (κ1) is 16.5. The van der Waals surface area contributed by atoms with Gasteiger partial charge < -0.3 is 20.7 Å². The van der Waals surface area contributed by atoms with Crippen LogP contribution in [-0.2, 0) is 4.74 Å². The average Bonchev–Trinajstić information content (AvgIpc) is 2.45. The lowest BCUT2D eigenvalue weighted by Gasteiger charge is -2.16. The molecule has 0 saturated heterocycles. The first-order chi connectivity index (χ1) is 9.54. The number of rotatable bonds is 8. The van der Waals surface area contributed by atoms with Crippen molar-refractivity contribution in [3.63, 3.8) is 0 Å². The van der Waals surface area contributed by atoms with Gasteiger partial charge >= 0.3 is 0 Å². The van der Waals surface area contributed by atoms with Gasteiger partial charge in [-0.2, -0.15) is 0 Å². The second kappa shape index (κ2) is 8.57. The lowest BCUT2D eigenvalue weighted by molar-refractivity contribution is 0.0942. The van der Waals surface area contributed by atoms with Crippen molar-refractivity contribution in [2.75, 3.05) is 40.4 Å². The largest absolute Gasteiger partial charge is 0.389 e. The Bertz CT molecular complexity index is 450. The SMILES string of the molecule is COCCN(C)CCNC(=O)c1ccc(C(N)=S)cn1. The molecule has 1 rings (SSSR count). The van der Waals surface area contributed by atoms with E-state index in [1.165, 1.54) is 6.20 Å². The van der Waals surface area contributed by atoms with Gasteiger partial charge in [-0.05, 0) is 19.2 Å². The van der Waals surface area contributed by atoms with Gasteiger partial charge in [0.2, 0.25) is 0 Å². The summed E-state index contributed by atoms with van der Waals surface area (Å²) < 4.78 is 4.98. The van der Waals surface area contributed by atoms with Crippen LogP contribution in [0.15, 0.2) is 18.3 Å². The summed E-state index contributed by atoms with van der Waals surface area (Å²) in [6, 6.07) is 3.30. The van der Waals surface area contributed by atoms with E-state index in [0.717, 1.165) is 13.1 Å². The molecular weight excluding hydrogens is 276 g/mol. The summed E-state index contributed by atoms with van der Waals surface area (Å²) in [5.74, 6) is -0.209. The van der Waals surface area contributed by atoms with Crippen LogP contribution in [-0.4, -0.2) is 61.2 Å². The monoisotopic (exact) mass is 296 g/mol. The Balaban J connectivity index is 2.37. The van der Waals surface area contributed by atoms with Crippen molar-refractivity contribution in [1.82, 2.24) is 15.2 Å². The Morgan fingerprint density at radius 1 is 1.50 bits per heavy atom. The molecule has 20 heavy (non-hydrogen) atoms. The van der Waals surface area contributed by atoms with E-state index < -0.39 is 0 Å². The highest BCUT2D eigenvalue weighted by Gasteiger charge is 2.07. The van der Waals surface area contributed by atoms with Crippen LogP contribution in [0.3, 0.4) is 0 Å². The number of pyridine rings is 1. The van der Waals surface area contributed by atoms with Crippen LogP contribution < -0.4 is 11.1 Å². The number of nitrogens with zero attached hydrogens (tertiary/aromatic N) is 2. The molecule has 0 atom stereocenters. The number of carbonyl (C=O) groups excluding carboxylic acids is 1. The van der Waals surface area contributed by atoms with Crippen molar-refractivity contribution < 1.29 is 9.53 Å². The number of thiocarbonyl (C=S) groups is 1. The summed E-state index contributed by atoms with van der Waals surface area (Å²) in [7, 11) is 3.64. The van der Waals surface area contributed by atoms with Crippen molar-refractivity contribution in [3.05, 3.63) is 29.6 Å². The minimum absolute atomic E-state index is 0.209. The highest BCUT2D eigenvalue weighted by molar-refractivity contribution is 7.80. The number of nitrogens with one attached hydrogen (secondary N) is 1. The number of hydrogen-bond donors (Lipinski definition) is 2. The summed E-state index contributed by atoms with van der Waals surface area (Å²) in [5.41, 5.74) is 6.47. The minimum Gasteiger partial charge on any atom is -0.389 e. The summed E-state index contributed by atoms with van der Waals surface area (Å²) in [4.78, 5) is 18.2. The highest BCUT2D eigenvalue weighted by atomic mass is 32.1. The standard InChI is InChI=1S/C13H20N4O2S/c1-17(7-8-19-2)6-5-15-13(18)11-4-3-10(9-16-11)12(14)20/h3-4,9H,5-8H2,1-2H3,(H2,14,20)(H,15,18). The van der Waals surface area contributed by atoms with Gasteiger partial charge in [-0.25, -0.2) is 0 Å². The Morgan fingerprint density at radius 2 is 2.25 bits per heavy atom. The van der Waals surface area contributed by atoms with Gasteiger partial charge in [0.25, 0.3) is 5.91 Å². The first-order valence-electron chi connectivity index (χ1n) is 6.26. The fourth-order valence-electron chi connectivity index (χ4n) is 1.48. The Kier molecular flexibility index (Phi) is 7.06. The van der Waals surface area contributed by atoms with Gasteiger partial charge in [-0.3, -0.25) is 9.78 Å². The highest BCUT2D eigenvalue weighted by Crippen LogP contribution is 2.00. The quantitative estimate of drug-likeness (QED) is 0.659. The van der Waals surface area contributed by atoms with Crippen LogP contribution in [0.1, 0.15) is 16.1 Å². The zero-order valence-corrected chi connectivity index (χ0v) is 12.6. The summed E-state index contributed by atoms with van der Waals surface area (Å²) in [6.07, 6.45) is 1.50. The zero-order chi connectivity index (χ0) is 15.0. The zero-order valence-electron chi connectivity index (χ0n) is 11.8. The molecule has 0 unspecified atom stereocenters. The molecule has 0 aliphatic rings. The maximum absolute atomic E-state index is 11.8. The van der Waals surface area contributed by atoms with Crippen LogP contribution in [0.2, 0.25) is 0 Å². The predicted molar refractivity (Wildman–Crippen MR) is 81.8 cm³/mol. The molecule has 7 heteroatoms. The molecule has 3 N–H and O–H groups in total. The molecule has 0 fully saturated rings. The Labute approximate surface area is 124 Å². The maximum Gasteiger partial charge on any atom is 0.269 e. The van der Waals surface area contributed by atoms with Crippen molar-refractivity contribution in [2.45, 2.75) is 0 Å². The lowest BCUT2D eigenvalue weighted by atomic mass is 10.2. The van der Waals surface area contributed by atoms with Crippen molar-refractivity contribution in [3.8, 4) is 0 Å². The van der Waals surface area contributed by atoms with E-state index in [0.29, 0.717) is 24.4 Å². The van der Waals surface area contributed by atoms with E-state index in [2.05, 4.69) is 15.2 Å². The van der Waals surface area contributed by atoms with Gasteiger partial charge in [-0.15, -0.1) is 0 Å². The van der Waals surface area contributed by atoms with Gasteiger partial charge in [0.1, 0.15) is 10.7 Å². The fourth-order valence-corrected chi connectivity index (χ4v) is 1.60. The van der Waals surface area contributed by atoms with Crippen molar-refractivity contribution in [1.29, 1.82) is 0 Å². The predicted octanol–water partition coefficient (Wildman–Crippen LogP) is 0.0238. The van der Waals surface area contributed by atoms with E-state index in [9.17, 15) is 4.79 Å². The van der Waals surface area contributed by atoms with Crippen LogP contribution in [0, 0.1) is 0 Å². The molecule has 1 heterocycles. The van der Waals surface area contributed by atoms with Crippen molar-refractivity contribution in [2.24, 2.45) is 5.73 Å². The van der Waals surface area contributed by atoms with E-state index in [1.807, 2.05) is 7.05 Å².